The van der Waals surface area contributed by atoms with E-state index in [9.17, 15) is 13.2 Å². The minimum Gasteiger partial charge on any atom is -0.469 e. The lowest BCUT2D eigenvalue weighted by molar-refractivity contribution is -0.140. The van der Waals surface area contributed by atoms with Gasteiger partial charge in [0.05, 0.1) is 13.5 Å². The average molecular weight is 370 g/mol. The van der Waals surface area contributed by atoms with E-state index in [-0.39, 0.29) is 17.9 Å². The quantitative estimate of drug-likeness (QED) is 0.604. The first-order valence-electron chi connectivity index (χ1n) is 4.63. The van der Waals surface area contributed by atoms with Crippen molar-refractivity contribution in [2.75, 3.05) is 13.7 Å². The Morgan fingerprint density at radius 2 is 2.24 bits per heavy atom. The van der Waals surface area contributed by atoms with Crippen molar-refractivity contribution in [3.05, 3.63) is 22.0 Å². The minimum absolute atomic E-state index is 0.000476. The van der Waals surface area contributed by atoms with Crippen molar-refractivity contribution in [1.82, 2.24) is 9.71 Å². The fourth-order valence-corrected chi connectivity index (χ4v) is 2.74. The fourth-order valence-electron chi connectivity index (χ4n) is 1.01. The molecule has 6 nitrogen and oxygen atoms in total. The molecule has 17 heavy (non-hydrogen) atoms. The van der Waals surface area contributed by atoms with Crippen LogP contribution in [0.25, 0.3) is 0 Å². The first-order valence-corrected chi connectivity index (χ1v) is 7.19. The van der Waals surface area contributed by atoms with Crippen LogP contribution in [0, 0.1) is 3.57 Å². The molecule has 0 amide bonds. The lowest BCUT2D eigenvalue weighted by Crippen LogP contribution is -2.26. The van der Waals surface area contributed by atoms with E-state index in [4.69, 9.17) is 0 Å². The molecule has 1 heterocycles. The second-order valence-electron chi connectivity index (χ2n) is 3.06. The van der Waals surface area contributed by atoms with Crippen LogP contribution in [0.2, 0.25) is 0 Å². The van der Waals surface area contributed by atoms with Gasteiger partial charge < -0.3 is 4.74 Å². The summed E-state index contributed by atoms with van der Waals surface area (Å²) in [6.07, 6.45) is 2.80. The van der Waals surface area contributed by atoms with E-state index in [1.165, 1.54) is 19.4 Å². The molecule has 1 N–H and O–H groups in total. The van der Waals surface area contributed by atoms with E-state index in [1.54, 1.807) is 6.20 Å². The zero-order valence-corrected chi connectivity index (χ0v) is 12.0. The van der Waals surface area contributed by atoms with Crippen LogP contribution in [-0.2, 0) is 19.6 Å². The van der Waals surface area contributed by atoms with E-state index in [2.05, 4.69) is 14.4 Å². The highest BCUT2D eigenvalue weighted by atomic mass is 127. The molecule has 0 radical (unpaired) electrons. The Morgan fingerprint density at radius 3 is 2.82 bits per heavy atom. The van der Waals surface area contributed by atoms with Gasteiger partial charge in [0.1, 0.15) is 4.90 Å². The van der Waals surface area contributed by atoms with Gasteiger partial charge in [-0.15, -0.1) is 0 Å². The van der Waals surface area contributed by atoms with Gasteiger partial charge in [-0.3, -0.25) is 9.78 Å². The topological polar surface area (TPSA) is 85.4 Å². The van der Waals surface area contributed by atoms with Crippen LogP contribution in [0.1, 0.15) is 6.42 Å². The van der Waals surface area contributed by atoms with Gasteiger partial charge in [0.2, 0.25) is 10.0 Å². The summed E-state index contributed by atoms with van der Waals surface area (Å²) < 4.78 is 30.9. The van der Waals surface area contributed by atoms with Crippen molar-refractivity contribution in [1.29, 1.82) is 0 Å². The molecule has 1 aromatic rings. The van der Waals surface area contributed by atoms with Gasteiger partial charge in [-0.05, 0) is 28.7 Å². The third-order valence-corrected chi connectivity index (χ3v) is 3.86. The minimum atomic E-state index is -3.61. The number of ether oxygens (including phenoxy) is 1. The maximum absolute atomic E-state index is 11.7. The molecule has 0 aliphatic carbocycles. The molecular weight excluding hydrogens is 359 g/mol. The molecule has 0 saturated carbocycles. The zero-order valence-electron chi connectivity index (χ0n) is 9.01. The summed E-state index contributed by atoms with van der Waals surface area (Å²) in [4.78, 5) is 14.7. The number of sulfonamides is 1. The van der Waals surface area contributed by atoms with E-state index < -0.39 is 16.0 Å². The molecule has 0 aliphatic heterocycles. The summed E-state index contributed by atoms with van der Waals surface area (Å²) in [5.41, 5.74) is 0. The van der Waals surface area contributed by atoms with E-state index >= 15 is 0 Å². The highest BCUT2D eigenvalue weighted by Gasteiger charge is 2.14. The smallest absolute Gasteiger partial charge is 0.306 e. The zero-order chi connectivity index (χ0) is 12.9. The van der Waals surface area contributed by atoms with Crippen LogP contribution in [0.15, 0.2) is 23.4 Å². The largest absolute Gasteiger partial charge is 0.469 e. The highest BCUT2D eigenvalue weighted by molar-refractivity contribution is 14.1. The molecule has 94 valence electrons. The third-order valence-electron chi connectivity index (χ3n) is 1.84. The number of esters is 1. The van der Waals surface area contributed by atoms with Crippen LogP contribution in [0.4, 0.5) is 0 Å². The van der Waals surface area contributed by atoms with E-state index in [0.717, 1.165) is 3.57 Å². The number of methoxy groups -OCH3 is 1. The maximum atomic E-state index is 11.7. The normalized spacial score (nSPS) is 11.2. The molecule has 1 aromatic heterocycles. The van der Waals surface area contributed by atoms with Gasteiger partial charge in [0, 0.05) is 22.5 Å². The first kappa shape index (κ1) is 14.3. The molecule has 0 bridgehead atoms. The van der Waals surface area contributed by atoms with E-state index in [0.29, 0.717) is 0 Å². The number of carbonyl (C=O) groups is 1. The number of rotatable bonds is 5. The van der Waals surface area contributed by atoms with E-state index in [1.807, 2.05) is 22.6 Å². The van der Waals surface area contributed by atoms with Gasteiger partial charge >= 0.3 is 5.97 Å². The molecule has 0 aromatic carbocycles. The van der Waals surface area contributed by atoms with Gasteiger partial charge in [-0.25, -0.2) is 13.1 Å². The Labute approximate surface area is 113 Å². The summed E-state index contributed by atoms with van der Waals surface area (Å²) in [5, 5.41) is 0. The van der Waals surface area contributed by atoms with Crippen LogP contribution in [0.3, 0.4) is 0 Å². The molecule has 0 saturated heterocycles. The Bertz CT molecular complexity index is 503. The summed E-state index contributed by atoms with van der Waals surface area (Å²) in [6.45, 7) is 0.000476. The molecule has 1 rings (SSSR count). The summed E-state index contributed by atoms with van der Waals surface area (Å²) >= 11 is 1.97. The molecular formula is C9H11IN2O4S. The first-order chi connectivity index (χ1) is 7.95. The Balaban J connectivity index is 2.66. The summed E-state index contributed by atoms with van der Waals surface area (Å²) in [5.74, 6) is -0.464. The Hall–Kier alpha value is -0.740. The molecule has 0 aliphatic rings. The summed E-state index contributed by atoms with van der Waals surface area (Å²) in [7, 11) is -2.36. The number of hydrogen-bond donors (Lipinski definition) is 1. The van der Waals surface area contributed by atoms with Gasteiger partial charge in [0.15, 0.2) is 0 Å². The average Bonchev–Trinajstić information content (AvgIpc) is 2.28. The standard InChI is InChI=1S/C9H11IN2O4S/c1-16-9(13)2-3-12-17(14,15)8-4-7(10)5-11-6-8/h4-6,12H,2-3H2,1H3. The number of carbonyl (C=O) groups excluding carboxylic acids is 1. The predicted molar refractivity (Wildman–Crippen MR) is 68.8 cm³/mol. The van der Waals surface area contributed by atoms with Crippen molar-refractivity contribution in [2.45, 2.75) is 11.3 Å². The maximum Gasteiger partial charge on any atom is 0.306 e. The lowest BCUT2D eigenvalue weighted by atomic mass is 10.4. The molecule has 0 spiro atoms. The predicted octanol–water partition coefficient (Wildman–Crippen LogP) is 0.528. The second-order valence-corrected chi connectivity index (χ2v) is 6.08. The van der Waals surface area contributed by atoms with Crippen LogP contribution in [0.5, 0.6) is 0 Å². The number of nitrogens with one attached hydrogen (secondary N) is 1. The van der Waals surface area contributed by atoms with Crippen LogP contribution in [-0.4, -0.2) is 33.0 Å². The molecule has 0 atom stereocenters. The van der Waals surface area contributed by atoms with Crippen molar-refractivity contribution >= 4 is 38.6 Å². The second kappa shape index (κ2) is 6.26. The van der Waals surface area contributed by atoms with Crippen molar-refractivity contribution < 1.29 is 17.9 Å². The molecule has 8 heteroatoms. The number of nitrogens with zero attached hydrogens (tertiary/aromatic N) is 1. The highest BCUT2D eigenvalue weighted by Crippen LogP contribution is 2.10. The third kappa shape index (κ3) is 4.56. The Kier molecular flexibility index (Phi) is 5.28. The molecule has 0 unspecified atom stereocenters. The van der Waals surface area contributed by atoms with Crippen LogP contribution >= 0.6 is 22.6 Å². The number of pyridine rings is 1. The number of aromatic nitrogens is 1. The molecule has 0 fully saturated rings. The van der Waals surface area contributed by atoms with Crippen molar-refractivity contribution in [3.63, 3.8) is 0 Å². The van der Waals surface area contributed by atoms with Gasteiger partial charge in [-0.2, -0.15) is 0 Å². The number of hydrogen-bond acceptors (Lipinski definition) is 5. The van der Waals surface area contributed by atoms with Crippen molar-refractivity contribution in [3.8, 4) is 0 Å². The fraction of sp³-hybridized carbons (Fsp3) is 0.333. The Morgan fingerprint density at radius 1 is 1.53 bits per heavy atom. The van der Waals surface area contributed by atoms with Gasteiger partial charge in [0.25, 0.3) is 0 Å². The summed E-state index contributed by atoms with van der Waals surface area (Å²) in [6, 6.07) is 1.49. The van der Waals surface area contributed by atoms with Gasteiger partial charge in [-0.1, -0.05) is 0 Å². The van der Waals surface area contributed by atoms with Crippen LogP contribution < -0.4 is 4.72 Å². The number of halogens is 1. The van der Waals surface area contributed by atoms with Crippen molar-refractivity contribution in [2.24, 2.45) is 0 Å². The SMILES string of the molecule is COC(=O)CCNS(=O)(=O)c1cncc(I)c1. The lowest BCUT2D eigenvalue weighted by Gasteiger charge is -2.05. The monoisotopic (exact) mass is 370 g/mol.